The highest BCUT2D eigenvalue weighted by Crippen LogP contribution is 2.49. The van der Waals surface area contributed by atoms with E-state index < -0.39 is 5.92 Å². The monoisotopic (exact) mass is 610 g/mol. The average Bonchev–Trinajstić information content (AvgIpc) is 3.42. The Morgan fingerprint density at radius 1 is 1.23 bits per heavy atom. The van der Waals surface area contributed by atoms with Gasteiger partial charge in [0, 0.05) is 23.4 Å². The maximum absolute atomic E-state index is 13.3. The normalized spacial score (nSPS) is 17.1. The second-order valence-corrected chi connectivity index (χ2v) is 12.2. The molecule has 1 aliphatic carbocycles. The number of carbonyl (C=O) groups is 2. The summed E-state index contributed by atoms with van der Waals surface area (Å²) in [5, 5.41) is 22.7. The zero-order valence-corrected chi connectivity index (χ0v) is 24.6. The molecule has 1 amide bonds. The van der Waals surface area contributed by atoms with Crippen LogP contribution >= 0.6 is 46.3 Å². The number of carbonyl (C=O) groups excluding carboxylic acids is 2. The number of thioether (sulfide) groups is 1. The highest BCUT2D eigenvalue weighted by molar-refractivity contribution is 8.01. The molecule has 0 spiro atoms. The van der Waals surface area contributed by atoms with Crippen molar-refractivity contribution in [1.82, 2.24) is 10.2 Å². The van der Waals surface area contributed by atoms with Crippen LogP contribution in [0.2, 0.25) is 10.0 Å². The number of allylic oxidation sites excluding steroid dienone is 3. The number of nitrogens with zero attached hydrogens (tertiary/aromatic N) is 4. The zero-order valence-electron chi connectivity index (χ0n) is 21.4. The van der Waals surface area contributed by atoms with Crippen molar-refractivity contribution in [2.75, 3.05) is 16.0 Å². The summed E-state index contributed by atoms with van der Waals surface area (Å²) in [5.41, 5.74) is 10.4. The van der Waals surface area contributed by atoms with Crippen molar-refractivity contribution in [3.8, 4) is 6.07 Å². The number of ketones is 1. The fraction of sp³-hybridized carbons (Fsp3) is 0.250. The van der Waals surface area contributed by atoms with Gasteiger partial charge in [0.05, 0.1) is 33.4 Å². The summed E-state index contributed by atoms with van der Waals surface area (Å²) >= 11 is 15.3. The van der Waals surface area contributed by atoms with Crippen molar-refractivity contribution in [2.45, 2.75) is 42.9 Å². The summed E-state index contributed by atoms with van der Waals surface area (Å²) in [4.78, 5) is 27.5. The van der Waals surface area contributed by atoms with E-state index >= 15 is 0 Å². The second-order valence-electron chi connectivity index (χ2n) is 9.20. The third-order valence-electron chi connectivity index (χ3n) is 6.77. The number of hydrogen-bond donors (Lipinski definition) is 2. The van der Waals surface area contributed by atoms with E-state index in [9.17, 15) is 14.9 Å². The summed E-state index contributed by atoms with van der Waals surface area (Å²) < 4.78 is 0.557. The zero-order chi connectivity index (χ0) is 28.4. The minimum Gasteiger partial charge on any atom is -0.384 e. The van der Waals surface area contributed by atoms with Crippen molar-refractivity contribution in [3.05, 3.63) is 86.3 Å². The number of halogens is 2. The number of benzene rings is 2. The number of amides is 1. The van der Waals surface area contributed by atoms with Crippen LogP contribution in [-0.2, 0) is 16.0 Å². The Morgan fingerprint density at radius 3 is 2.73 bits per heavy atom. The smallest absolute Gasteiger partial charge is 0.234 e. The molecule has 2 heterocycles. The van der Waals surface area contributed by atoms with Gasteiger partial charge in [-0.3, -0.25) is 14.5 Å². The third kappa shape index (κ3) is 5.47. The van der Waals surface area contributed by atoms with Crippen molar-refractivity contribution in [2.24, 2.45) is 5.73 Å². The van der Waals surface area contributed by atoms with Crippen LogP contribution in [0.3, 0.4) is 0 Å². The molecular weight excluding hydrogens is 587 g/mol. The van der Waals surface area contributed by atoms with Crippen molar-refractivity contribution < 1.29 is 9.59 Å². The largest absolute Gasteiger partial charge is 0.384 e. The van der Waals surface area contributed by atoms with Gasteiger partial charge >= 0.3 is 0 Å². The minimum atomic E-state index is -0.730. The molecule has 12 heteroatoms. The fourth-order valence-corrected chi connectivity index (χ4v) is 6.96. The molecule has 0 fully saturated rings. The summed E-state index contributed by atoms with van der Waals surface area (Å²) in [7, 11) is 0. The highest BCUT2D eigenvalue weighted by atomic mass is 35.5. The Labute approximate surface area is 249 Å². The molecule has 8 nitrogen and oxygen atoms in total. The number of nitrogens with two attached hydrogens (primary N) is 1. The van der Waals surface area contributed by atoms with Crippen LogP contribution in [0.5, 0.6) is 0 Å². The quantitative estimate of drug-likeness (QED) is 0.293. The van der Waals surface area contributed by atoms with E-state index in [1.165, 1.54) is 28.7 Å². The standard InChI is InChI=1S/C28H24Cl2N6O2S2/c1-2-15-9-11-16(12-10-15)33-22(38)14-39-28-35-34-27(40-28)36-20-7-4-8-21(37)24(20)23(18(13-31)26(36)32)17-5-3-6-19(29)25(17)30/h3,5-6,9-12,23H,2,4,7-8,14,32H2,1H3,(H,33,38). The highest BCUT2D eigenvalue weighted by Gasteiger charge is 2.42. The third-order valence-corrected chi connectivity index (χ3v) is 9.64. The lowest BCUT2D eigenvalue weighted by Gasteiger charge is -2.38. The molecule has 0 bridgehead atoms. The predicted molar refractivity (Wildman–Crippen MR) is 159 cm³/mol. The van der Waals surface area contributed by atoms with E-state index in [2.05, 4.69) is 28.5 Å². The number of nitrogens with one attached hydrogen (secondary N) is 1. The Kier molecular flexibility index (Phi) is 8.47. The lowest BCUT2D eigenvalue weighted by Crippen LogP contribution is -2.38. The SMILES string of the molecule is CCc1ccc(NC(=O)CSc2nnc(N3C(N)=C(C#N)C(c4cccc(Cl)c4Cl)C4=C3CCCC4=O)s2)cc1. The molecule has 0 radical (unpaired) electrons. The van der Waals surface area contributed by atoms with Crippen molar-refractivity contribution >= 4 is 68.8 Å². The van der Waals surface area contributed by atoms with Crippen molar-refractivity contribution in [1.29, 1.82) is 5.26 Å². The Balaban J connectivity index is 1.41. The van der Waals surface area contributed by atoms with Gasteiger partial charge < -0.3 is 11.1 Å². The molecule has 204 valence electrons. The lowest BCUT2D eigenvalue weighted by atomic mass is 9.76. The first-order valence-corrected chi connectivity index (χ1v) is 15.1. The van der Waals surface area contributed by atoms with Crippen LogP contribution in [0.15, 0.2) is 69.5 Å². The maximum atomic E-state index is 13.3. The molecule has 2 aliphatic rings. The number of Topliss-reactive ketones (excluding diaryl/α,β-unsaturated/α-hetero) is 1. The topological polar surface area (TPSA) is 125 Å². The summed E-state index contributed by atoms with van der Waals surface area (Å²) in [6.45, 7) is 2.08. The van der Waals surface area contributed by atoms with E-state index in [0.717, 1.165) is 12.1 Å². The Bertz CT molecular complexity index is 1590. The van der Waals surface area contributed by atoms with Gasteiger partial charge in [-0.1, -0.05) is 77.5 Å². The number of aromatic nitrogens is 2. The minimum absolute atomic E-state index is 0.0738. The Hall–Kier alpha value is -3.36. The van der Waals surface area contributed by atoms with Crippen molar-refractivity contribution in [3.63, 3.8) is 0 Å². The van der Waals surface area contributed by atoms with Gasteiger partial charge in [-0.25, -0.2) is 0 Å². The van der Waals surface area contributed by atoms with Gasteiger partial charge in [0.25, 0.3) is 0 Å². The summed E-state index contributed by atoms with van der Waals surface area (Å²) in [5.74, 6) is -0.666. The fourth-order valence-electron chi connectivity index (χ4n) is 4.86. The molecule has 3 aromatic rings. The van der Waals surface area contributed by atoms with Gasteiger partial charge in [0.2, 0.25) is 11.0 Å². The summed E-state index contributed by atoms with van der Waals surface area (Å²) in [6.07, 6.45) is 2.49. The number of nitriles is 1. The van der Waals surface area contributed by atoms with E-state index in [1.54, 1.807) is 23.1 Å². The first-order valence-electron chi connectivity index (χ1n) is 12.6. The van der Waals surface area contributed by atoms with E-state index in [0.29, 0.717) is 50.6 Å². The molecule has 2 aromatic carbocycles. The van der Waals surface area contributed by atoms with Crippen LogP contribution in [-0.4, -0.2) is 27.6 Å². The van der Waals surface area contributed by atoms with Crippen LogP contribution in [0, 0.1) is 11.3 Å². The lowest BCUT2D eigenvalue weighted by molar-refractivity contribution is -0.116. The van der Waals surface area contributed by atoms with Crippen LogP contribution in [0.1, 0.15) is 43.2 Å². The van der Waals surface area contributed by atoms with Crippen LogP contribution in [0.25, 0.3) is 0 Å². The molecule has 40 heavy (non-hydrogen) atoms. The van der Waals surface area contributed by atoms with Gasteiger partial charge in [0.15, 0.2) is 10.1 Å². The molecule has 1 aromatic heterocycles. The van der Waals surface area contributed by atoms with E-state index in [4.69, 9.17) is 28.9 Å². The first-order chi connectivity index (χ1) is 19.3. The first kappa shape index (κ1) is 28.2. The molecule has 3 N–H and O–H groups in total. The van der Waals surface area contributed by atoms with Gasteiger partial charge in [0.1, 0.15) is 5.82 Å². The molecular formula is C28H24Cl2N6O2S2. The van der Waals surface area contributed by atoms with E-state index in [1.807, 2.05) is 24.3 Å². The predicted octanol–water partition coefficient (Wildman–Crippen LogP) is 6.44. The van der Waals surface area contributed by atoms with E-state index in [-0.39, 0.29) is 33.9 Å². The number of aryl methyl sites for hydroxylation is 1. The van der Waals surface area contributed by atoms with Crippen LogP contribution < -0.4 is 16.0 Å². The Morgan fingerprint density at radius 2 is 2.00 bits per heavy atom. The van der Waals surface area contributed by atoms with Gasteiger partial charge in [-0.15, -0.1) is 10.2 Å². The number of rotatable bonds is 7. The average molecular weight is 612 g/mol. The maximum Gasteiger partial charge on any atom is 0.234 e. The molecule has 0 saturated heterocycles. The van der Waals surface area contributed by atoms with Gasteiger partial charge in [-0.05, 0) is 48.6 Å². The second kappa shape index (κ2) is 12.0. The molecule has 0 saturated carbocycles. The molecule has 5 rings (SSSR count). The molecule has 1 unspecified atom stereocenters. The van der Waals surface area contributed by atoms with Gasteiger partial charge in [-0.2, -0.15) is 5.26 Å². The number of anilines is 2. The number of hydrogen-bond acceptors (Lipinski definition) is 9. The molecule has 1 atom stereocenters. The van der Waals surface area contributed by atoms with Crippen LogP contribution in [0.4, 0.5) is 10.8 Å². The summed E-state index contributed by atoms with van der Waals surface area (Å²) in [6, 6.07) is 15.1. The molecule has 1 aliphatic heterocycles.